The van der Waals surface area contributed by atoms with Gasteiger partial charge < -0.3 is 4.74 Å². The van der Waals surface area contributed by atoms with Crippen molar-refractivity contribution in [3.05, 3.63) is 91.3 Å². The van der Waals surface area contributed by atoms with Gasteiger partial charge in [-0.1, -0.05) is 41.6 Å². The van der Waals surface area contributed by atoms with Crippen molar-refractivity contribution in [1.29, 1.82) is 0 Å². The molecule has 0 spiro atoms. The van der Waals surface area contributed by atoms with E-state index in [9.17, 15) is 14.9 Å². The van der Waals surface area contributed by atoms with Gasteiger partial charge in [-0.15, -0.1) is 11.3 Å². The number of amidine groups is 1. The highest BCUT2D eigenvalue weighted by molar-refractivity contribution is 8.13. The second-order valence-corrected chi connectivity index (χ2v) is 8.94. The van der Waals surface area contributed by atoms with Crippen LogP contribution in [0.25, 0.3) is 6.08 Å². The summed E-state index contributed by atoms with van der Waals surface area (Å²) in [5.41, 5.74) is 1.80. The molecule has 7 nitrogen and oxygen atoms in total. The quantitative estimate of drug-likeness (QED) is 0.243. The second kappa shape index (κ2) is 9.56. The van der Waals surface area contributed by atoms with Gasteiger partial charge in [0, 0.05) is 22.8 Å². The predicted molar refractivity (Wildman–Crippen MR) is 130 cm³/mol. The first-order valence-corrected chi connectivity index (χ1v) is 11.6. The molecule has 0 unspecified atom stereocenters. The van der Waals surface area contributed by atoms with Crippen LogP contribution in [-0.2, 0) is 10.5 Å². The fourth-order valence-corrected chi connectivity index (χ4v) is 4.86. The number of carbonyl (C=O) groups excluding carboxylic acids is 1. The Morgan fingerprint density at radius 2 is 2.03 bits per heavy atom. The normalized spacial score (nSPS) is 14.7. The fourth-order valence-electron chi connectivity index (χ4n) is 2.99. The second-order valence-electron chi connectivity index (χ2n) is 6.61. The molecule has 0 atom stereocenters. The summed E-state index contributed by atoms with van der Waals surface area (Å²) in [6, 6.07) is 15.2. The SMILES string of the molecule is COc1ccc(N2C(=O)C(=Cc3cccs3)N=C2SCc2ccc([N+](=O)[O-])cc2)cc1Cl. The molecular formula is C22H16ClN3O4S2. The molecule has 2 heterocycles. The molecule has 3 aromatic rings. The zero-order chi connectivity index (χ0) is 22.7. The Balaban J connectivity index is 1.64. The van der Waals surface area contributed by atoms with Crippen LogP contribution in [0.5, 0.6) is 5.75 Å². The van der Waals surface area contributed by atoms with E-state index in [-0.39, 0.29) is 11.6 Å². The summed E-state index contributed by atoms with van der Waals surface area (Å²) in [4.78, 5) is 30.7. The van der Waals surface area contributed by atoms with E-state index < -0.39 is 4.92 Å². The molecule has 0 saturated heterocycles. The summed E-state index contributed by atoms with van der Waals surface area (Å²) in [7, 11) is 1.52. The fraction of sp³-hybridized carbons (Fsp3) is 0.0909. The van der Waals surface area contributed by atoms with Crippen molar-refractivity contribution in [3.8, 4) is 5.75 Å². The number of nitrogens with zero attached hydrogens (tertiary/aromatic N) is 3. The molecule has 2 aromatic carbocycles. The lowest BCUT2D eigenvalue weighted by Gasteiger charge is -2.18. The zero-order valence-electron chi connectivity index (χ0n) is 16.7. The van der Waals surface area contributed by atoms with E-state index in [0.717, 1.165) is 10.4 Å². The molecule has 1 aliphatic heterocycles. The molecule has 162 valence electrons. The Bertz CT molecular complexity index is 1220. The number of hydrogen-bond acceptors (Lipinski definition) is 7. The van der Waals surface area contributed by atoms with Gasteiger partial charge in [0.1, 0.15) is 11.4 Å². The Hall–Kier alpha value is -3.14. The first-order chi connectivity index (χ1) is 15.5. The van der Waals surface area contributed by atoms with Gasteiger partial charge >= 0.3 is 0 Å². The van der Waals surface area contributed by atoms with Gasteiger partial charge in [-0.2, -0.15) is 0 Å². The molecule has 0 saturated carbocycles. The zero-order valence-corrected chi connectivity index (χ0v) is 19.1. The Labute approximate surface area is 197 Å². The molecular weight excluding hydrogens is 470 g/mol. The van der Waals surface area contributed by atoms with E-state index >= 15 is 0 Å². The molecule has 0 fully saturated rings. The number of thiophene rings is 1. The van der Waals surface area contributed by atoms with E-state index in [0.29, 0.717) is 33.1 Å². The minimum atomic E-state index is -0.437. The maximum Gasteiger partial charge on any atom is 0.283 e. The van der Waals surface area contributed by atoms with Crippen molar-refractivity contribution in [2.45, 2.75) is 5.75 Å². The molecule has 1 aliphatic rings. The van der Waals surface area contributed by atoms with Crippen LogP contribution >= 0.6 is 34.7 Å². The molecule has 0 N–H and O–H groups in total. The van der Waals surface area contributed by atoms with E-state index in [1.807, 2.05) is 17.5 Å². The number of non-ortho nitro benzene ring substituents is 1. The largest absolute Gasteiger partial charge is 0.495 e. The minimum Gasteiger partial charge on any atom is -0.495 e. The maximum atomic E-state index is 13.2. The van der Waals surface area contributed by atoms with Crippen LogP contribution in [0.2, 0.25) is 5.02 Å². The number of amides is 1. The lowest BCUT2D eigenvalue weighted by Crippen LogP contribution is -2.30. The van der Waals surface area contributed by atoms with E-state index in [4.69, 9.17) is 16.3 Å². The number of hydrogen-bond donors (Lipinski definition) is 0. The van der Waals surface area contributed by atoms with Gasteiger partial charge in [-0.3, -0.25) is 19.8 Å². The van der Waals surface area contributed by atoms with Gasteiger partial charge in [0.25, 0.3) is 11.6 Å². The van der Waals surface area contributed by atoms with Crippen LogP contribution in [0, 0.1) is 10.1 Å². The van der Waals surface area contributed by atoms with Gasteiger partial charge in [-0.05, 0) is 41.3 Å². The monoisotopic (exact) mass is 485 g/mol. The number of benzene rings is 2. The van der Waals surface area contributed by atoms with Crippen LogP contribution in [0.4, 0.5) is 11.4 Å². The number of anilines is 1. The maximum absolute atomic E-state index is 13.2. The van der Waals surface area contributed by atoms with Crippen molar-refractivity contribution >= 4 is 63.2 Å². The van der Waals surface area contributed by atoms with Gasteiger partial charge in [0.15, 0.2) is 5.17 Å². The Morgan fingerprint density at radius 3 is 2.66 bits per heavy atom. The van der Waals surface area contributed by atoms with Crippen molar-refractivity contribution in [1.82, 2.24) is 0 Å². The topological polar surface area (TPSA) is 85.0 Å². The first-order valence-electron chi connectivity index (χ1n) is 9.34. The molecule has 1 aromatic heterocycles. The third-order valence-corrected chi connectivity index (χ3v) is 6.68. The molecule has 0 aliphatic carbocycles. The molecule has 0 radical (unpaired) electrons. The number of ether oxygens (including phenoxy) is 1. The van der Waals surface area contributed by atoms with Crippen molar-refractivity contribution < 1.29 is 14.5 Å². The number of thioether (sulfide) groups is 1. The van der Waals surface area contributed by atoms with Gasteiger partial charge in [0.2, 0.25) is 0 Å². The Morgan fingerprint density at radius 1 is 1.25 bits per heavy atom. The van der Waals surface area contributed by atoms with Crippen molar-refractivity contribution in [2.24, 2.45) is 4.99 Å². The third kappa shape index (κ3) is 4.69. The predicted octanol–water partition coefficient (Wildman–Crippen LogP) is 6.00. The van der Waals surface area contributed by atoms with Crippen LogP contribution < -0.4 is 9.64 Å². The summed E-state index contributed by atoms with van der Waals surface area (Å²) in [5, 5.41) is 13.7. The number of methoxy groups -OCH3 is 1. The standard InChI is InChI=1S/C22H16ClN3O4S2/c1-30-20-9-8-16(11-18(20)23)25-21(27)19(12-17-3-2-10-31-17)24-22(25)32-13-14-4-6-15(7-5-14)26(28)29/h2-12H,13H2,1H3. The summed E-state index contributed by atoms with van der Waals surface area (Å²) in [5.74, 6) is 0.732. The smallest absolute Gasteiger partial charge is 0.283 e. The molecule has 0 bridgehead atoms. The summed E-state index contributed by atoms with van der Waals surface area (Å²) in [6.45, 7) is 0. The number of nitro benzene ring substituents is 1. The lowest BCUT2D eigenvalue weighted by molar-refractivity contribution is -0.384. The average Bonchev–Trinajstić information content (AvgIpc) is 3.41. The summed E-state index contributed by atoms with van der Waals surface area (Å²) < 4.78 is 5.21. The molecule has 32 heavy (non-hydrogen) atoms. The first kappa shape index (κ1) is 22.1. The number of carbonyl (C=O) groups is 1. The summed E-state index contributed by atoms with van der Waals surface area (Å²) in [6.07, 6.45) is 1.75. The minimum absolute atomic E-state index is 0.0304. The number of nitro groups is 1. The van der Waals surface area contributed by atoms with Crippen molar-refractivity contribution in [2.75, 3.05) is 12.0 Å². The molecule has 4 rings (SSSR count). The van der Waals surface area contributed by atoms with Crippen molar-refractivity contribution in [3.63, 3.8) is 0 Å². The Kier molecular flexibility index (Phi) is 6.59. The van der Waals surface area contributed by atoms with E-state index in [2.05, 4.69) is 4.99 Å². The summed E-state index contributed by atoms with van der Waals surface area (Å²) >= 11 is 9.17. The lowest BCUT2D eigenvalue weighted by atomic mass is 10.2. The number of rotatable bonds is 6. The van der Waals surface area contributed by atoms with Crippen LogP contribution in [0.15, 0.2) is 70.7 Å². The van der Waals surface area contributed by atoms with Crippen LogP contribution in [0.1, 0.15) is 10.4 Å². The van der Waals surface area contributed by atoms with Crippen LogP contribution in [-0.4, -0.2) is 23.1 Å². The van der Waals surface area contributed by atoms with Gasteiger partial charge in [-0.25, -0.2) is 4.99 Å². The highest BCUT2D eigenvalue weighted by atomic mass is 35.5. The third-order valence-electron chi connectivity index (χ3n) is 4.56. The number of halogens is 1. The molecule has 10 heteroatoms. The average molecular weight is 486 g/mol. The van der Waals surface area contributed by atoms with E-state index in [1.165, 1.54) is 47.2 Å². The molecule has 1 amide bonds. The highest BCUT2D eigenvalue weighted by Gasteiger charge is 2.32. The van der Waals surface area contributed by atoms with Crippen LogP contribution in [0.3, 0.4) is 0 Å². The number of aliphatic imine (C=N–C) groups is 1. The van der Waals surface area contributed by atoms with Gasteiger partial charge in [0.05, 0.1) is 22.7 Å². The van der Waals surface area contributed by atoms with E-state index in [1.54, 1.807) is 36.4 Å². The highest BCUT2D eigenvalue weighted by Crippen LogP contribution is 2.35.